The Morgan fingerprint density at radius 3 is 2.83 bits per heavy atom. The zero-order chi connectivity index (χ0) is 13.5. The van der Waals surface area contributed by atoms with Crippen molar-refractivity contribution in [3.8, 4) is 11.8 Å². The van der Waals surface area contributed by atoms with Crippen LogP contribution in [0, 0.1) is 22.0 Å². The molecule has 0 spiro atoms. The topological polar surface area (TPSA) is 92.5 Å². The van der Waals surface area contributed by atoms with Gasteiger partial charge in [-0.25, -0.2) is 4.79 Å². The summed E-state index contributed by atoms with van der Waals surface area (Å²) < 4.78 is 0. The van der Waals surface area contributed by atoms with E-state index in [1.165, 1.54) is 18.2 Å². The first-order valence-electron chi connectivity index (χ1n) is 5.22. The summed E-state index contributed by atoms with van der Waals surface area (Å²) in [7, 11) is 0. The summed E-state index contributed by atoms with van der Waals surface area (Å²) >= 11 is 0. The highest BCUT2D eigenvalue weighted by atomic mass is 16.6. The number of carbonyl (C=O) groups is 1. The van der Waals surface area contributed by atoms with Crippen LogP contribution in [0.1, 0.15) is 23.7 Å². The second kappa shape index (κ2) is 6.25. The smallest absolute Gasteiger partial charge is 0.342 e. The van der Waals surface area contributed by atoms with Gasteiger partial charge in [-0.05, 0) is 19.1 Å². The van der Waals surface area contributed by atoms with E-state index in [0.717, 1.165) is 0 Å². The Labute approximate surface area is 104 Å². The molecule has 0 aliphatic heterocycles. The lowest BCUT2D eigenvalue weighted by Crippen LogP contribution is -2.08. The van der Waals surface area contributed by atoms with Gasteiger partial charge in [0.15, 0.2) is 0 Å². The van der Waals surface area contributed by atoms with E-state index in [2.05, 4.69) is 17.2 Å². The molecule has 0 aliphatic rings. The molecule has 2 N–H and O–H groups in total. The molecule has 0 saturated carbocycles. The van der Waals surface area contributed by atoms with Crippen LogP contribution in [0.4, 0.5) is 11.4 Å². The van der Waals surface area contributed by atoms with E-state index < -0.39 is 16.6 Å². The Hall–Kier alpha value is -2.55. The molecular formula is C12H12N2O4. The molecule has 18 heavy (non-hydrogen) atoms. The molecule has 0 atom stereocenters. The van der Waals surface area contributed by atoms with Gasteiger partial charge < -0.3 is 10.4 Å². The third kappa shape index (κ3) is 3.22. The number of anilines is 1. The standard InChI is InChI=1S/C12H12N2O4/c1-2-3-4-8-13-10-7-5-6-9(12(15)16)11(10)14(17)18/h5-7,13H,4,8H2,1H3,(H,15,16). The van der Waals surface area contributed by atoms with E-state index in [9.17, 15) is 14.9 Å². The second-order valence-corrected chi connectivity index (χ2v) is 3.37. The SMILES string of the molecule is CC#CCCNc1cccc(C(=O)O)c1[N+](=O)[O-]. The molecular weight excluding hydrogens is 236 g/mol. The molecule has 94 valence electrons. The first-order valence-corrected chi connectivity index (χ1v) is 5.22. The van der Waals surface area contributed by atoms with Crippen molar-refractivity contribution in [2.45, 2.75) is 13.3 Å². The van der Waals surface area contributed by atoms with Crippen molar-refractivity contribution in [2.75, 3.05) is 11.9 Å². The van der Waals surface area contributed by atoms with Crippen molar-refractivity contribution < 1.29 is 14.8 Å². The van der Waals surface area contributed by atoms with Crippen LogP contribution < -0.4 is 5.32 Å². The zero-order valence-electron chi connectivity index (χ0n) is 9.77. The number of rotatable bonds is 5. The van der Waals surface area contributed by atoms with Gasteiger partial charge in [-0.1, -0.05) is 6.07 Å². The van der Waals surface area contributed by atoms with E-state index in [4.69, 9.17) is 5.11 Å². The van der Waals surface area contributed by atoms with Crippen LogP contribution in [-0.4, -0.2) is 22.5 Å². The Morgan fingerprint density at radius 1 is 1.56 bits per heavy atom. The van der Waals surface area contributed by atoms with Gasteiger partial charge in [0.2, 0.25) is 0 Å². The van der Waals surface area contributed by atoms with Crippen molar-refractivity contribution in [3.63, 3.8) is 0 Å². The van der Waals surface area contributed by atoms with E-state index in [0.29, 0.717) is 13.0 Å². The number of benzene rings is 1. The molecule has 6 heteroatoms. The highest BCUT2D eigenvalue weighted by Crippen LogP contribution is 2.28. The largest absolute Gasteiger partial charge is 0.477 e. The summed E-state index contributed by atoms with van der Waals surface area (Å²) in [5.41, 5.74) is -0.557. The minimum atomic E-state index is -1.32. The second-order valence-electron chi connectivity index (χ2n) is 3.37. The molecule has 0 aromatic heterocycles. The number of para-hydroxylation sites is 1. The number of nitrogens with zero attached hydrogens (tertiary/aromatic N) is 1. The first kappa shape index (κ1) is 13.5. The monoisotopic (exact) mass is 248 g/mol. The van der Waals surface area contributed by atoms with E-state index in [-0.39, 0.29) is 11.3 Å². The van der Waals surface area contributed by atoms with Gasteiger partial charge in [0.05, 0.1) is 4.92 Å². The number of nitrogens with one attached hydrogen (secondary N) is 1. The molecule has 0 fully saturated rings. The highest BCUT2D eigenvalue weighted by molar-refractivity contribution is 5.95. The van der Waals surface area contributed by atoms with Crippen molar-refractivity contribution in [3.05, 3.63) is 33.9 Å². The number of carboxylic acid groups (broad SMARTS) is 1. The lowest BCUT2D eigenvalue weighted by atomic mass is 10.1. The molecule has 0 radical (unpaired) electrons. The maximum absolute atomic E-state index is 10.9. The Kier molecular flexibility index (Phi) is 4.69. The van der Waals surface area contributed by atoms with E-state index >= 15 is 0 Å². The quantitative estimate of drug-likeness (QED) is 0.360. The van der Waals surface area contributed by atoms with Crippen LogP contribution in [0.5, 0.6) is 0 Å². The number of aromatic carboxylic acids is 1. The molecule has 1 rings (SSSR count). The van der Waals surface area contributed by atoms with E-state index in [1.54, 1.807) is 6.92 Å². The van der Waals surface area contributed by atoms with Crippen LogP contribution in [0.25, 0.3) is 0 Å². The zero-order valence-corrected chi connectivity index (χ0v) is 9.77. The first-order chi connectivity index (χ1) is 8.57. The Balaban J connectivity index is 3.02. The normalized spacial score (nSPS) is 9.17. The van der Waals surface area contributed by atoms with Crippen molar-refractivity contribution >= 4 is 17.3 Å². The molecule has 0 amide bonds. The maximum atomic E-state index is 10.9. The summed E-state index contributed by atoms with van der Waals surface area (Å²) in [5, 5.41) is 22.6. The maximum Gasteiger partial charge on any atom is 0.342 e. The number of nitro groups is 1. The van der Waals surface area contributed by atoms with Gasteiger partial charge in [-0.15, -0.1) is 11.8 Å². The van der Waals surface area contributed by atoms with Gasteiger partial charge in [0.25, 0.3) is 0 Å². The third-order valence-electron chi connectivity index (χ3n) is 2.19. The summed E-state index contributed by atoms with van der Waals surface area (Å²) in [4.78, 5) is 21.1. The molecule has 0 bridgehead atoms. The van der Waals surface area contributed by atoms with Gasteiger partial charge in [-0.2, -0.15) is 0 Å². The lowest BCUT2D eigenvalue weighted by molar-refractivity contribution is -0.384. The predicted octanol–water partition coefficient (Wildman–Crippen LogP) is 2.12. The molecule has 6 nitrogen and oxygen atoms in total. The van der Waals surface area contributed by atoms with Crippen LogP contribution in [0.15, 0.2) is 18.2 Å². The van der Waals surface area contributed by atoms with Crippen LogP contribution in [0.3, 0.4) is 0 Å². The van der Waals surface area contributed by atoms with E-state index in [1.807, 2.05) is 0 Å². The van der Waals surface area contributed by atoms with Crippen molar-refractivity contribution in [1.82, 2.24) is 0 Å². The summed E-state index contributed by atoms with van der Waals surface area (Å²) in [6, 6.07) is 4.14. The number of hydrogen-bond donors (Lipinski definition) is 2. The molecule has 0 heterocycles. The van der Waals surface area contributed by atoms with Crippen molar-refractivity contribution in [1.29, 1.82) is 0 Å². The highest BCUT2D eigenvalue weighted by Gasteiger charge is 2.23. The summed E-state index contributed by atoms with van der Waals surface area (Å²) in [6.07, 6.45) is 0.533. The number of hydrogen-bond acceptors (Lipinski definition) is 4. The molecule has 1 aromatic rings. The van der Waals surface area contributed by atoms with Gasteiger partial charge in [0, 0.05) is 13.0 Å². The Bertz CT molecular complexity index is 529. The van der Waals surface area contributed by atoms with Gasteiger partial charge in [0.1, 0.15) is 11.3 Å². The number of carboxylic acids is 1. The van der Waals surface area contributed by atoms with Crippen molar-refractivity contribution in [2.24, 2.45) is 0 Å². The molecule has 0 aliphatic carbocycles. The van der Waals surface area contributed by atoms with Gasteiger partial charge >= 0.3 is 11.7 Å². The minimum absolute atomic E-state index is 0.192. The van der Waals surface area contributed by atoms with Gasteiger partial charge in [-0.3, -0.25) is 10.1 Å². The number of nitro benzene ring substituents is 1. The average molecular weight is 248 g/mol. The van der Waals surface area contributed by atoms with Crippen LogP contribution in [-0.2, 0) is 0 Å². The fraction of sp³-hybridized carbons (Fsp3) is 0.250. The minimum Gasteiger partial charge on any atom is -0.477 e. The lowest BCUT2D eigenvalue weighted by Gasteiger charge is -2.06. The fourth-order valence-corrected chi connectivity index (χ4v) is 1.44. The average Bonchev–Trinajstić information content (AvgIpc) is 2.33. The van der Waals surface area contributed by atoms with Crippen LogP contribution in [0.2, 0.25) is 0 Å². The molecule has 0 unspecified atom stereocenters. The fourth-order valence-electron chi connectivity index (χ4n) is 1.44. The Morgan fingerprint density at radius 2 is 2.28 bits per heavy atom. The summed E-state index contributed by atoms with van der Waals surface area (Å²) in [5.74, 6) is 4.19. The predicted molar refractivity (Wildman–Crippen MR) is 66.6 cm³/mol. The molecule has 0 saturated heterocycles. The molecule has 1 aromatic carbocycles. The third-order valence-corrected chi connectivity index (χ3v) is 2.19. The van der Waals surface area contributed by atoms with Crippen LogP contribution >= 0.6 is 0 Å². The summed E-state index contributed by atoms with van der Waals surface area (Å²) in [6.45, 7) is 2.12.